The van der Waals surface area contributed by atoms with Gasteiger partial charge in [-0.25, -0.2) is 8.60 Å². The molecule has 1 aliphatic rings. The van der Waals surface area contributed by atoms with Crippen molar-refractivity contribution in [3.8, 4) is 0 Å². The van der Waals surface area contributed by atoms with Gasteiger partial charge in [-0.05, 0) is 47.6 Å². The van der Waals surface area contributed by atoms with Crippen LogP contribution in [0.25, 0.3) is 11.1 Å². The number of rotatable bonds is 4. The predicted molar refractivity (Wildman–Crippen MR) is 88.0 cm³/mol. The van der Waals surface area contributed by atoms with Crippen molar-refractivity contribution >= 4 is 22.2 Å². The van der Waals surface area contributed by atoms with Gasteiger partial charge < -0.3 is 4.55 Å². The van der Waals surface area contributed by atoms with E-state index in [9.17, 15) is 8.60 Å². The van der Waals surface area contributed by atoms with E-state index in [0.717, 1.165) is 24.8 Å². The van der Waals surface area contributed by atoms with Crippen LogP contribution in [0.5, 0.6) is 0 Å². The Morgan fingerprint density at radius 3 is 2.32 bits per heavy atom. The minimum Gasteiger partial charge on any atom is -0.306 e. The first-order valence-electron chi connectivity index (χ1n) is 7.29. The highest BCUT2D eigenvalue weighted by molar-refractivity contribution is 7.78. The molecular formula is C18H17FO2S. The normalized spacial score (nSPS) is 16.1. The SMILES string of the molecule is O=S(O)Cc1ccc(C2=C(c3ccccc3)CCC2)cc1F. The van der Waals surface area contributed by atoms with Gasteiger partial charge in [0.15, 0.2) is 11.1 Å². The van der Waals surface area contributed by atoms with Crippen LogP contribution < -0.4 is 0 Å². The van der Waals surface area contributed by atoms with Crippen LogP contribution in [0, 0.1) is 5.82 Å². The largest absolute Gasteiger partial charge is 0.306 e. The van der Waals surface area contributed by atoms with E-state index in [0.29, 0.717) is 0 Å². The summed E-state index contributed by atoms with van der Waals surface area (Å²) in [7, 11) is 0. The Kier molecular flexibility index (Phi) is 4.50. The molecule has 1 aliphatic carbocycles. The lowest BCUT2D eigenvalue weighted by Crippen LogP contribution is -1.98. The molecule has 1 unspecified atom stereocenters. The predicted octanol–water partition coefficient (Wildman–Crippen LogP) is 4.64. The van der Waals surface area contributed by atoms with E-state index < -0.39 is 16.9 Å². The number of allylic oxidation sites excluding steroid dienone is 2. The van der Waals surface area contributed by atoms with Crippen molar-refractivity contribution < 1.29 is 13.2 Å². The Balaban J connectivity index is 1.99. The molecule has 0 saturated heterocycles. The van der Waals surface area contributed by atoms with Gasteiger partial charge in [-0.1, -0.05) is 42.5 Å². The van der Waals surface area contributed by atoms with E-state index in [1.807, 2.05) is 24.3 Å². The third-order valence-electron chi connectivity index (χ3n) is 4.02. The van der Waals surface area contributed by atoms with Gasteiger partial charge in [-0.15, -0.1) is 0 Å². The molecule has 114 valence electrons. The Bertz CT molecular complexity index is 738. The fourth-order valence-electron chi connectivity index (χ4n) is 3.01. The standard InChI is InChI=1S/C18H17FO2S/c19-18-11-14(9-10-15(18)12-22(20)21)17-8-4-7-16(17)13-5-2-1-3-6-13/h1-3,5-6,9-11H,4,7-8,12H2,(H,20,21). The molecule has 4 heteroatoms. The summed E-state index contributed by atoms with van der Waals surface area (Å²) in [5.41, 5.74) is 4.81. The zero-order valence-electron chi connectivity index (χ0n) is 12.1. The zero-order chi connectivity index (χ0) is 15.5. The Labute approximate surface area is 132 Å². The van der Waals surface area contributed by atoms with Gasteiger partial charge in [0.1, 0.15) is 5.82 Å². The van der Waals surface area contributed by atoms with Gasteiger partial charge in [0.05, 0.1) is 5.75 Å². The molecule has 0 aromatic heterocycles. The molecule has 3 rings (SSSR count). The molecule has 0 spiro atoms. The second-order valence-electron chi connectivity index (χ2n) is 5.45. The van der Waals surface area contributed by atoms with Crippen LogP contribution in [-0.4, -0.2) is 8.76 Å². The maximum atomic E-state index is 14.1. The van der Waals surface area contributed by atoms with Crippen molar-refractivity contribution in [1.29, 1.82) is 0 Å². The van der Waals surface area contributed by atoms with Gasteiger partial charge >= 0.3 is 0 Å². The molecule has 1 N–H and O–H groups in total. The first-order chi connectivity index (χ1) is 10.6. The summed E-state index contributed by atoms with van der Waals surface area (Å²) in [6, 6.07) is 15.1. The molecule has 0 amide bonds. The van der Waals surface area contributed by atoms with Crippen molar-refractivity contribution in [1.82, 2.24) is 0 Å². The van der Waals surface area contributed by atoms with Crippen molar-refractivity contribution in [3.63, 3.8) is 0 Å². The maximum Gasteiger partial charge on any atom is 0.157 e. The minimum atomic E-state index is -2.02. The molecule has 0 fully saturated rings. The topological polar surface area (TPSA) is 37.3 Å². The molecule has 0 heterocycles. The number of halogens is 1. The first-order valence-corrected chi connectivity index (χ1v) is 8.56. The van der Waals surface area contributed by atoms with Crippen LogP contribution in [0.3, 0.4) is 0 Å². The van der Waals surface area contributed by atoms with E-state index in [1.165, 1.54) is 22.8 Å². The van der Waals surface area contributed by atoms with E-state index in [4.69, 9.17) is 4.55 Å². The van der Waals surface area contributed by atoms with Crippen molar-refractivity contribution in [3.05, 3.63) is 71.0 Å². The molecule has 2 nitrogen and oxygen atoms in total. The second kappa shape index (κ2) is 6.55. The average molecular weight is 316 g/mol. The van der Waals surface area contributed by atoms with E-state index in [-0.39, 0.29) is 11.3 Å². The van der Waals surface area contributed by atoms with Gasteiger partial charge in [0, 0.05) is 5.56 Å². The summed E-state index contributed by atoms with van der Waals surface area (Å²) in [5, 5.41) is 0. The fourth-order valence-corrected chi connectivity index (χ4v) is 3.51. The van der Waals surface area contributed by atoms with Gasteiger partial charge in [-0.3, -0.25) is 0 Å². The highest BCUT2D eigenvalue weighted by Gasteiger charge is 2.18. The van der Waals surface area contributed by atoms with E-state index in [1.54, 1.807) is 6.07 Å². The number of benzene rings is 2. The summed E-state index contributed by atoms with van der Waals surface area (Å²) < 4.78 is 33.9. The Hall–Kier alpha value is -1.78. The average Bonchev–Trinajstić information content (AvgIpc) is 2.99. The Morgan fingerprint density at radius 1 is 1.00 bits per heavy atom. The molecular weight excluding hydrogens is 299 g/mol. The summed E-state index contributed by atoms with van der Waals surface area (Å²) in [6.45, 7) is 0. The van der Waals surface area contributed by atoms with E-state index >= 15 is 0 Å². The summed E-state index contributed by atoms with van der Waals surface area (Å²) in [5.74, 6) is -0.580. The molecule has 0 saturated carbocycles. The summed E-state index contributed by atoms with van der Waals surface area (Å²) in [4.78, 5) is 0. The number of hydrogen-bond donors (Lipinski definition) is 1. The smallest absolute Gasteiger partial charge is 0.157 e. The van der Waals surface area contributed by atoms with Crippen molar-refractivity contribution in [2.24, 2.45) is 0 Å². The molecule has 22 heavy (non-hydrogen) atoms. The van der Waals surface area contributed by atoms with Crippen molar-refractivity contribution in [2.45, 2.75) is 25.0 Å². The van der Waals surface area contributed by atoms with Crippen LogP contribution in [0.1, 0.15) is 36.0 Å². The lowest BCUT2D eigenvalue weighted by atomic mass is 9.96. The maximum absolute atomic E-state index is 14.1. The zero-order valence-corrected chi connectivity index (χ0v) is 12.9. The monoisotopic (exact) mass is 316 g/mol. The molecule has 2 aromatic carbocycles. The third kappa shape index (κ3) is 3.18. The fraction of sp³-hybridized carbons (Fsp3) is 0.222. The van der Waals surface area contributed by atoms with E-state index in [2.05, 4.69) is 12.1 Å². The molecule has 0 bridgehead atoms. The summed E-state index contributed by atoms with van der Waals surface area (Å²) in [6.07, 6.45) is 3.02. The molecule has 2 aromatic rings. The quantitative estimate of drug-likeness (QED) is 0.834. The van der Waals surface area contributed by atoms with Crippen LogP contribution in [0.15, 0.2) is 48.5 Å². The molecule has 0 radical (unpaired) electrons. The lowest BCUT2D eigenvalue weighted by molar-refractivity contribution is 0.559. The summed E-state index contributed by atoms with van der Waals surface area (Å²) >= 11 is -2.02. The van der Waals surface area contributed by atoms with Crippen LogP contribution in [-0.2, 0) is 16.8 Å². The van der Waals surface area contributed by atoms with Crippen LogP contribution >= 0.6 is 0 Å². The van der Waals surface area contributed by atoms with Crippen molar-refractivity contribution in [2.75, 3.05) is 0 Å². The van der Waals surface area contributed by atoms with Crippen LogP contribution in [0.2, 0.25) is 0 Å². The molecule has 0 aliphatic heterocycles. The Morgan fingerprint density at radius 2 is 1.68 bits per heavy atom. The van der Waals surface area contributed by atoms with Gasteiger partial charge in [0.2, 0.25) is 0 Å². The molecule has 1 atom stereocenters. The second-order valence-corrected chi connectivity index (χ2v) is 6.38. The van der Waals surface area contributed by atoms with Gasteiger partial charge in [-0.2, -0.15) is 0 Å². The van der Waals surface area contributed by atoms with Crippen LogP contribution in [0.4, 0.5) is 4.39 Å². The lowest BCUT2D eigenvalue weighted by Gasteiger charge is -2.10. The minimum absolute atomic E-state index is 0.170. The highest BCUT2D eigenvalue weighted by Crippen LogP contribution is 2.39. The number of hydrogen-bond acceptors (Lipinski definition) is 1. The highest BCUT2D eigenvalue weighted by atomic mass is 32.2. The first kappa shape index (κ1) is 15.1. The third-order valence-corrected chi connectivity index (χ3v) is 4.58. The van der Waals surface area contributed by atoms with Gasteiger partial charge in [0.25, 0.3) is 0 Å².